The average Bonchev–Trinajstić information content (AvgIpc) is 2.71. The van der Waals surface area contributed by atoms with Crippen LogP contribution in [0.25, 0.3) is 10.9 Å². The summed E-state index contributed by atoms with van der Waals surface area (Å²) in [6, 6.07) is 23.9. The van der Waals surface area contributed by atoms with Crippen LogP contribution < -0.4 is 10.5 Å². The van der Waals surface area contributed by atoms with Gasteiger partial charge in [-0.25, -0.2) is 0 Å². The van der Waals surface area contributed by atoms with Gasteiger partial charge in [-0.2, -0.15) is 0 Å². The van der Waals surface area contributed by atoms with Crippen LogP contribution in [0.2, 0.25) is 5.02 Å². The molecule has 4 rings (SSSR count). The van der Waals surface area contributed by atoms with Crippen LogP contribution in [0.4, 0.5) is 5.69 Å². The van der Waals surface area contributed by atoms with Crippen molar-refractivity contribution in [3.8, 4) is 0 Å². The summed E-state index contributed by atoms with van der Waals surface area (Å²) in [5.41, 5.74) is 3.29. The summed E-state index contributed by atoms with van der Waals surface area (Å²) in [6.45, 7) is 2.11. The number of hydrogen-bond donors (Lipinski definition) is 1. The molecule has 4 nitrogen and oxygen atoms in total. The fraction of sp³-hybridized carbons (Fsp3) is 0.0833. The Morgan fingerprint density at radius 3 is 2.55 bits per heavy atom. The predicted molar refractivity (Wildman–Crippen MR) is 118 cm³/mol. The number of fused-ring (bicyclic) bond motifs is 1. The van der Waals surface area contributed by atoms with Gasteiger partial charge in [0.15, 0.2) is 0 Å². The summed E-state index contributed by atoms with van der Waals surface area (Å²) in [5.74, 6) is -0.217. The van der Waals surface area contributed by atoms with Crippen molar-refractivity contribution in [2.45, 2.75) is 13.5 Å². The molecule has 29 heavy (non-hydrogen) atoms. The third kappa shape index (κ3) is 4.08. The minimum Gasteiger partial charge on any atom is -0.322 e. The van der Waals surface area contributed by atoms with E-state index in [4.69, 9.17) is 11.6 Å². The van der Waals surface area contributed by atoms with E-state index in [2.05, 4.69) is 4.98 Å². The lowest BCUT2D eigenvalue weighted by molar-refractivity contribution is 0.0985. The maximum absolute atomic E-state index is 13.3. The van der Waals surface area contributed by atoms with E-state index in [1.807, 2.05) is 61.5 Å². The lowest BCUT2D eigenvalue weighted by Gasteiger charge is -2.23. The predicted octanol–water partition coefficient (Wildman–Crippen LogP) is 5.34. The molecule has 5 heteroatoms. The summed E-state index contributed by atoms with van der Waals surface area (Å²) in [5, 5.41) is 1.41. The molecule has 0 unspecified atom stereocenters. The topological polar surface area (TPSA) is 53.2 Å². The summed E-state index contributed by atoms with van der Waals surface area (Å²) < 4.78 is 0. The molecule has 1 heterocycles. The van der Waals surface area contributed by atoms with Gasteiger partial charge in [0.1, 0.15) is 0 Å². The fourth-order valence-electron chi connectivity index (χ4n) is 3.33. The van der Waals surface area contributed by atoms with Gasteiger partial charge >= 0.3 is 0 Å². The van der Waals surface area contributed by atoms with Crippen molar-refractivity contribution in [1.82, 2.24) is 4.98 Å². The number of amides is 1. The maximum atomic E-state index is 13.3. The van der Waals surface area contributed by atoms with Gasteiger partial charge in [0.2, 0.25) is 0 Å². The minimum atomic E-state index is -0.217. The van der Waals surface area contributed by atoms with Crippen LogP contribution in [0.1, 0.15) is 21.5 Å². The molecule has 0 bridgehead atoms. The number of H-pyrrole nitrogens is 1. The Morgan fingerprint density at radius 2 is 1.76 bits per heavy atom. The number of nitrogens with zero attached hydrogens (tertiary/aromatic N) is 1. The average molecular weight is 403 g/mol. The van der Waals surface area contributed by atoms with E-state index in [-0.39, 0.29) is 18.0 Å². The largest absolute Gasteiger partial charge is 0.322 e. The van der Waals surface area contributed by atoms with Crippen molar-refractivity contribution in [2.24, 2.45) is 0 Å². The number of pyridine rings is 1. The van der Waals surface area contributed by atoms with E-state index >= 15 is 0 Å². The first-order chi connectivity index (χ1) is 14.0. The number of benzene rings is 3. The summed E-state index contributed by atoms with van der Waals surface area (Å²) in [6.07, 6.45) is 0. The second-order valence-electron chi connectivity index (χ2n) is 6.95. The quantitative estimate of drug-likeness (QED) is 0.501. The standard InChI is InChI=1S/C24H19ClN2O2/c1-16-6-4-10-21(12-16)27(24(29)18-8-5-9-20(25)14-18)15-19-13-17-7-2-3-11-22(17)26-23(19)28/h2-14H,15H2,1H3,(H,26,28). The van der Waals surface area contributed by atoms with Gasteiger partial charge in [0, 0.05) is 27.4 Å². The van der Waals surface area contributed by atoms with Crippen LogP contribution in [0.15, 0.2) is 83.7 Å². The Kier molecular flexibility index (Phi) is 5.19. The molecule has 4 aromatic rings. The summed E-state index contributed by atoms with van der Waals surface area (Å²) >= 11 is 6.09. The second-order valence-corrected chi connectivity index (χ2v) is 7.39. The van der Waals surface area contributed by atoms with Crippen molar-refractivity contribution in [3.05, 3.63) is 111 Å². The summed E-state index contributed by atoms with van der Waals surface area (Å²) in [7, 11) is 0. The minimum absolute atomic E-state index is 0.148. The molecule has 0 aliphatic rings. The highest BCUT2D eigenvalue weighted by molar-refractivity contribution is 6.31. The molecule has 0 spiro atoms. The lowest BCUT2D eigenvalue weighted by Crippen LogP contribution is -2.33. The number of nitrogens with one attached hydrogen (secondary N) is 1. The van der Waals surface area contributed by atoms with E-state index in [9.17, 15) is 9.59 Å². The first-order valence-electron chi connectivity index (χ1n) is 9.26. The van der Waals surface area contributed by atoms with Gasteiger partial charge in [-0.05, 0) is 60.3 Å². The number of aromatic nitrogens is 1. The van der Waals surface area contributed by atoms with Gasteiger partial charge in [0.05, 0.1) is 6.54 Å². The lowest BCUT2D eigenvalue weighted by atomic mass is 10.1. The number of rotatable bonds is 4. The fourth-order valence-corrected chi connectivity index (χ4v) is 3.52. The normalized spacial score (nSPS) is 10.8. The van der Waals surface area contributed by atoms with E-state index in [1.165, 1.54) is 0 Å². The highest BCUT2D eigenvalue weighted by Crippen LogP contribution is 2.23. The molecule has 0 aliphatic carbocycles. The van der Waals surface area contributed by atoms with E-state index in [1.54, 1.807) is 29.2 Å². The number of hydrogen-bond acceptors (Lipinski definition) is 2. The molecular weight excluding hydrogens is 384 g/mol. The van der Waals surface area contributed by atoms with Gasteiger partial charge < -0.3 is 9.88 Å². The van der Waals surface area contributed by atoms with Crippen molar-refractivity contribution < 1.29 is 4.79 Å². The van der Waals surface area contributed by atoms with Crippen LogP contribution in [0, 0.1) is 6.92 Å². The molecule has 0 saturated heterocycles. The zero-order valence-electron chi connectivity index (χ0n) is 15.9. The van der Waals surface area contributed by atoms with Crippen LogP contribution in [0.3, 0.4) is 0 Å². The Balaban J connectivity index is 1.80. The maximum Gasteiger partial charge on any atom is 0.258 e. The number of aromatic amines is 1. The Bertz CT molecular complexity index is 1260. The van der Waals surface area contributed by atoms with Crippen LogP contribution in [0.5, 0.6) is 0 Å². The van der Waals surface area contributed by atoms with Gasteiger partial charge in [0.25, 0.3) is 11.5 Å². The number of aryl methyl sites for hydroxylation is 1. The first-order valence-corrected chi connectivity index (χ1v) is 9.64. The van der Waals surface area contributed by atoms with E-state index in [0.717, 1.165) is 22.2 Å². The van der Waals surface area contributed by atoms with Crippen LogP contribution >= 0.6 is 11.6 Å². The second kappa shape index (κ2) is 7.94. The Labute approximate surface area is 173 Å². The zero-order chi connectivity index (χ0) is 20.4. The highest BCUT2D eigenvalue weighted by atomic mass is 35.5. The molecule has 3 aromatic carbocycles. The van der Waals surface area contributed by atoms with Crippen LogP contribution in [-0.4, -0.2) is 10.9 Å². The number of para-hydroxylation sites is 1. The highest BCUT2D eigenvalue weighted by Gasteiger charge is 2.20. The summed E-state index contributed by atoms with van der Waals surface area (Å²) in [4.78, 5) is 30.5. The van der Waals surface area contributed by atoms with Gasteiger partial charge in [-0.1, -0.05) is 48.0 Å². The van der Waals surface area contributed by atoms with Gasteiger partial charge in [-0.15, -0.1) is 0 Å². The first kappa shape index (κ1) is 19.0. The number of anilines is 1. The number of carbonyl (C=O) groups excluding carboxylic acids is 1. The monoisotopic (exact) mass is 402 g/mol. The molecular formula is C24H19ClN2O2. The van der Waals surface area contributed by atoms with Crippen molar-refractivity contribution in [1.29, 1.82) is 0 Å². The number of halogens is 1. The third-order valence-electron chi connectivity index (χ3n) is 4.79. The van der Waals surface area contributed by atoms with Crippen molar-refractivity contribution in [2.75, 3.05) is 4.90 Å². The molecule has 0 atom stereocenters. The van der Waals surface area contributed by atoms with E-state index < -0.39 is 0 Å². The molecule has 0 fully saturated rings. The smallest absolute Gasteiger partial charge is 0.258 e. The SMILES string of the molecule is Cc1cccc(N(Cc2cc3ccccc3[nH]c2=O)C(=O)c2cccc(Cl)c2)c1. The molecule has 0 saturated carbocycles. The molecule has 1 aromatic heterocycles. The number of carbonyl (C=O) groups is 1. The molecule has 1 N–H and O–H groups in total. The third-order valence-corrected chi connectivity index (χ3v) is 5.02. The molecule has 1 amide bonds. The Hall–Kier alpha value is -3.37. The zero-order valence-corrected chi connectivity index (χ0v) is 16.6. The van der Waals surface area contributed by atoms with E-state index in [0.29, 0.717) is 16.1 Å². The van der Waals surface area contributed by atoms with Crippen molar-refractivity contribution in [3.63, 3.8) is 0 Å². The van der Waals surface area contributed by atoms with Crippen LogP contribution in [-0.2, 0) is 6.54 Å². The Morgan fingerprint density at radius 1 is 0.966 bits per heavy atom. The van der Waals surface area contributed by atoms with Crippen molar-refractivity contribution >= 4 is 34.1 Å². The molecule has 0 radical (unpaired) electrons. The van der Waals surface area contributed by atoms with Gasteiger partial charge in [-0.3, -0.25) is 9.59 Å². The molecule has 144 valence electrons. The molecule has 0 aliphatic heterocycles.